The first-order valence-corrected chi connectivity index (χ1v) is 9.54. The maximum Gasteiger partial charge on any atom is 0.258 e. The van der Waals surface area contributed by atoms with Crippen LogP contribution in [0.3, 0.4) is 0 Å². The lowest BCUT2D eigenvalue weighted by atomic mass is 10.1. The summed E-state index contributed by atoms with van der Waals surface area (Å²) in [7, 11) is -3.81. The predicted octanol–water partition coefficient (Wildman–Crippen LogP) is 2.63. The Bertz CT molecular complexity index is 978. The Balaban J connectivity index is 2.18. The van der Waals surface area contributed by atoms with Gasteiger partial charge in [-0.2, -0.15) is 10.2 Å². The van der Waals surface area contributed by atoms with Crippen molar-refractivity contribution in [3.8, 4) is 0 Å². The minimum Gasteiger partial charge on any atom is -0.324 e. The number of hydrogen-bond donors (Lipinski definition) is 2. The lowest BCUT2D eigenvalue weighted by Crippen LogP contribution is -2.31. The summed E-state index contributed by atoms with van der Waals surface area (Å²) in [5.41, 5.74) is 2.80. The first-order valence-electron chi connectivity index (χ1n) is 7.99. The van der Waals surface area contributed by atoms with Crippen molar-refractivity contribution >= 4 is 33.1 Å². The van der Waals surface area contributed by atoms with Crippen LogP contribution in [0.25, 0.3) is 0 Å². The molecule has 0 saturated heterocycles. The van der Waals surface area contributed by atoms with Gasteiger partial charge < -0.3 is 5.32 Å². The zero-order valence-corrected chi connectivity index (χ0v) is 15.9. The van der Waals surface area contributed by atoms with Crippen molar-refractivity contribution in [2.45, 2.75) is 31.7 Å². The van der Waals surface area contributed by atoms with Gasteiger partial charge in [-0.05, 0) is 68.3 Å². The average molecular weight is 388 g/mol. The molecule has 0 aliphatic rings. The molecule has 2 rings (SSSR count). The zero-order valence-electron chi connectivity index (χ0n) is 15.1. The summed E-state index contributed by atoms with van der Waals surface area (Å²) in [5, 5.41) is 15.3. The molecular formula is C18H20N4O4S. The Labute approximate surface area is 157 Å². The lowest BCUT2D eigenvalue weighted by molar-refractivity contribution is -0.126. The Hall–Kier alpha value is -2.91. The molecule has 1 amide bonds. The predicted molar refractivity (Wildman–Crippen MR) is 101 cm³/mol. The van der Waals surface area contributed by atoms with Crippen LogP contribution in [0.1, 0.15) is 18.1 Å². The van der Waals surface area contributed by atoms with E-state index in [4.69, 9.17) is 5.14 Å². The van der Waals surface area contributed by atoms with Crippen molar-refractivity contribution in [3.63, 3.8) is 0 Å². The number of nitrogens with zero attached hydrogens (tertiary/aromatic N) is 2. The van der Waals surface area contributed by atoms with E-state index in [1.165, 1.54) is 31.2 Å². The summed E-state index contributed by atoms with van der Waals surface area (Å²) in [5.74, 6) is -1.07. The average Bonchev–Trinajstić information content (AvgIpc) is 2.53. The molecule has 9 heteroatoms. The summed E-state index contributed by atoms with van der Waals surface area (Å²) in [6, 6.07) is 9.50. The van der Waals surface area contributed by atoms with Crippen molar-refractivity contribution in [1.29, 1.82) is 0 Å². The molecule has 0 aliphatic carbocycles. The van der Waals surface area contributed by atoms with Crippen LogP contribution in [0.2, 0.25) is 0 Å². The van der Waals surface area contributed by atoms with Crippen molar-refractivity contribution in [3.05, 3.63) is 53.6 Å². The van der Waals surface area contributed by atoms with Gasteiger partial charge in [0.25, 0.3) is 5.91 Å². The molecule has 0 fully saturated rings. The number of nitrogens with one attached hydrogen (secondary N) is 1. The summed E-state index contributed by atoms with van der Waals surface area (Å²) in [6.45, 7) is 5.04. The van der Waals surface area contributed by atoms with E-state index in [1.807, 2.05) is 19.9 Å². The molecule has 0 radical (unpaired) electrons. The molecule has 27 heavy (non-hydrogen) atoms. The summed E-state index contributed by atoms with van der Waals surface area (Å²) in [6.07, 6.45) is 0. The molecule has 0 bridgehead atoms. The second kappa shape index (κ2) is 8.19. The molecule has 1 unspecified atom stereocenters. The van der Waals surface area contributed by atoms with Crippen LogP contribution < -0.4 is 10.5 Å². The number of anilines is 1. The van der Waals surface area contributed by atoms with Crippen LogP contribution in [0.4, 0.5) is 11.4 Å². The number of primary sulfonamides is 1. The molecule has 142 valence electrons. The Morgan fingerprint density at radius 2 is 1.59 bits per heavy atom. The molecular weight excluding hydrogens is 368 g/mol. The number of ketones is 1. The maximum absolute atomic E-state index is 12.4. The molecule has 8 nitrogen and oxygen atoms in total. The van der Waals surface area contributed by atoms with E-state index in [0.29, 0.717) is 5.69 Å². The largest absolute Gasteiger partial charge is 0.324 e. The monoisotopic (exact) mass is 388 g/mol. The molecule has 0 aromatic heterocycles. The third kappa shape index (κ3) is 5.80. The maximum atomic E-state index is 12.4. The Morgan fingerprint density at radius 3 is 2.07 bits per heavy atom. The van der Waals surface area contributed by atoms with Gasteiger partial charge in [-0.15, -0.1) is 0 Å². The highest BCUT2D eigenvalue weighted by Crippen LogP contribution is 2.18. The number of rotatable bonds is 6. The van der Waals surface area contributed by atoms with Crippen LogP contribution in [0.15, 0.2) is 57.6 Å². The van der Waals surface area contributed by atoms with Gasteiger partial charge in [-0.1, -0.05) is 6.07 Å². The van der Waals surface area contributed by atoms with Crippen LogP contribution >= 0.6 is 0 Å². The number of amides is 1. The highest BCUT2D eigenvalue weighted by atomic mass is 32.2. The molecule has 2 aromatic carbocycles. The molecule has 0 saturated carbocycles. The van der Waals surface area contributed by atoms with Crippen LogP contribution in [-0.4, -0.2) is 26.2 Å². The Morgan fingerprint density at radius 1 is 1.04 bits per heavy atom. The Kier molecular flexibility index (Phi) is 6.19. The highest BCUT2D eigenvalue weighted by molar-refractivity contribution is 7.89. The van der Waals surface area contributed by atoms with Crippen molar-refractivity contribution in [1.82, 2.24) is 0 Å². The van der Waals surface area contributed by atoms with E-state index < -0.39 is 27.8 Å². The second-order valence-corrected chi connectivity index (χ2v) is 7.69. The van der Waals surface area contributed by atoms with E-state index in [0.717, 1.165) is 11.1 Å². The molecule has 0 aliphatic heterocycles. The van der Waals surface area contributed by atoms with Crippen molar-refractivity contribution in [2.24, 2.45) is 15.4 Å². The van der Waals surface area contributed by atoms with E-state index in [9.17, 15) is 18.0 Å². The fraction of sp³-hybridized carbons (Fsp3) is 0.222. The van der Waals surface area contributed by atoms with Gasteiger partial charge in [0.1, 0.15) is 0 Å². The fourth-order valence-corrected chi connectivity index (χ4v) is 2.92. The number of benzene rings is 2. The normalized spacial score (nSPS) is 12.7. The molecule has 2 aromatic rings. The quantitative estimate of drug-likeness (QED) is 0.581. The number of aryl methyl sites for hydroxylation is 2. The lowest BCUT2D eigenvalue weighted by Gasteiger charge is -2.10. The third-order valence-corrected chi connectivity index (χ3v) is 4.51. The van der Waals surface area contributed by atoms with Gasteiger partial charge in [0.05, 0.1) is 10.6 Å². The highest BCUT2D eigenvalue weighted by Gasteiger charge is 2.23. The topological polar surface area (TPSA) is 131 Å². The summed E-state index contributed by atoms with van der Waals surface area (Å²) in [4.78, 5) is 24.1. The SMILES string of the molecule is CC(=O)C(N=Nc1ccc(S(N)(=O)=O)cc1)C(=O)Nc1cc(C)cc(C)c1. The number of azo groups is 1. The second-order valence-electron chi connectivity index (χ2n) is 6.13. The first kappa shape index (κ1) is 20.4. The third-order valence-electron chi connectivity index (χ3n) is 3.58. The first-order chi connectivity index (χ1) is 12.6. The summed E-state index contributed by atoms with van der Waals surface area (Å²) >= 11 is 0. The standard InChI is InChI=1S/C18H20N4O4S/c1-11-8-12(2)10-15(9-11)20-18(24)17(13(3)23)22-21-14-4-6-16(7-5-14)27(19,25)26/h4-10,17H,1-3H3,(H,20,24)(H2,19,25,26). The molecule has 3 N–H and O–H groups in total. The van der Waals surface area contributed by atoms with Crippen LogP contribution in [0, 0.1) is 13.8 Å². The number of hydrogen-bond acceptors (Lipinski definition) is 6. The van der Waals surface area contributed by atoms with Gasteiger partial charge in [0.2, 0.25) is 16.1 Å². The fourth-order valence-electron chi connectivity index (χ4n) is 2.40. The smallest absolute Gasteiger partial charge is 0.258 e. The van der Waals surface area contributed by atoms with Crippen molar-refractivity contribution in [2.75, 3.05) is 5.32 Å². The minimum absolute atomic E-state index is 0.0721. The van der Waals surface area contributed by atoms with E-state index in [2.05, 4.69) is 15.5 Å². The van der Waals surface area contributed by atoms with Gasteiger partial charge in [0, 0.05) is 5.69 Å². The van der Waals surface area contributed by atoms with Crippen LogP contribution in [0.5, 0.6) is 0 Å². The van der Waals surface area contributed by atoms with E-state index >= 15 is 0 Å². The van der Waals surface area contributed by atoms with Crippen LogP contribution in [-0.2, 0) is 19.6 Å². The van der Waals surface area contributed by atoms with Gasteiger partial charge >= 0.3 is 0 Å². The number of sulfonamides is 1. The van der Waals surface area contributed by atoms with E-state index in [-0.39, 0.29) is 10.6 Å². The molecule has 1 atom stereocenters. The number of Topliss-reactive ketones (excluding diaryl/α,β-unsaturated/α-hetero) is 1. The van der Waals surface area contributed by atoms with Gasteiger partial charge in [-0.25, -0.2) is 13.6 Å². The number of nitrogens with two attached hydrogens (primary N) is 1. The number of carbonyl (C=O) groups is 2. The van der Waals surface area contributed by atoms with Gasteiger partial charge in [0.15, 0.2) is 5.78 Å². The van der Waals surface area contributed by atoms with Crippen molar-refractivity contribution < 1.29 is 18.0 Å². The summed E-state index contributed by atoms with van der Waals surface area (Å²) < 4.78 is 22.5. The zero-order chi connectivity index (χ0) is 20.2. The molecule has 0 spiro atoms. The molecule has 0 heterocycles. The van der Waals surface area contributed by atoms with Gasteiger partial charge in [-0.3, -0.25) is 9.59 Å². The van der Waals surface area contributed by atoms with E-state index in [1.54, 1.807) is 12.1 Å². The number of carbonyl (C=O) groups excluding carboxylic acids is 2. The minimum atomic E-state index is -3.81.